The Balaban J connectivity index is 2.08. The van der Waals surface area contributed by atoms with Gasteiger partial charge in [0.25, 0.3) is 0 Å². The Bertz CT molecular complexity index is 352. The molecule has 0 atom stereocenters. The number of hydrogen-bond acceptors (Lipinski definition) is 3. The molecule has 0 aliphatic carbocycles. The van der Waals surface area contributed by atoms with E-state index in [0.29, 0.717) is 12.5 Å². The van der Waals surface area contributed by atoms with E-state index in [4.69, 9.17) is 0 Å². The minimum absolute atomic E-state index is 0.0706. The van der Waals surface area contributed by atoms with E-state index in [1.165, 1.54) is 4.88 Å². The normalized spacial score (nSPS) is 10.8. The molecule has 2 N–H and O–H groups in total. The van der Waals surface area contributed by atoms with Crippen molar-refractivity contribution in [3.8, 4) is 0 Å². The predicted octanol–water partition coefficient (Wildman–Crippen LogP) is 2.76. The van der Waals surface area contributed by atoms with Gasteiger partial charge in [-0.05, 0) is 40.4 Å². The van der Waals surface area contributed by atoms with Gasteiger partial charge in [0, 0.05) is 18.0 Å². The van der Waals surface area contributed by atoms with Crippen molar-refractivity contribution in [2.45, 2.75) is 26.8 Å². The van der Waals surface area contributed by atoms with Crippen molar-refractivity contribution in [2.75, 3.05) is 13.1 Å². The molecule has 0 unspecified atom stereocenters. The van der Waals surface area contributed by atoms with E-state index >= 15 is 0 Å². The Morgan fingerprint density at radius 2 is 2.24 bits per heavy atom. The second kappa shape index (κ2) is 7.84. The number of hydrogen-bond donors (Lipinski definition) is 2. The van der Waals surface area contributed by atoms with Gasteiger partial charge in [0.2, 0.25) is 5.91 Å². The molecule has 0 radical (unpaired) electrons. The quantitative estimate of drug-likeness (QED) is 0.811. The maximum Gasteiger partial charge on any atom is 0.233 e. The molecule has 1 aromatic heterocycles. The summed E-state index contributed by atoms with van der Waals surface area (Å²) < 4.78 is 1.12. The Labute approximate surface area is 115 Å². The molecule has 0 bridgehead atoms. The second-order valence-corrected chi connectivity index (χ2v) is 6.89. The van der Waals surface area contributed by atoms with Crippen LogP contribution in [0.15, 0.2) is 15.9 Å². The van der Waals surface area contributed by atoms with E-state index in [0.717, 1.165) is 23.3 Å². The molecule has 0 spiro atoms. The zero-order valence-electron chi connectivity index (χ0n) is 10.3. The van der Waals surface area contributed by atoms with Gasteiger partial charge >= 0.3 is 0 Å². The van der Waals surface area contributed by atoms with Gasteiger partial charge < -0.3 is 10.6 Å². The first-order valence-corrected chi connectivity index (χ1v) is 7.40. The number of rotatable bonds is 7. The average molecular weight is 319 g/mol. The molecular weight excluding hydrogens is 300 g/mol. The van der Waals surface area contributed by atoms with E-state index in [9.17, 15) is 4.79 Å². The highest BCUT2D eigenvalue weighted by Crippen LogP contribution is 2.21. The van der Waals surface area contributed by atoms with Gasteiger partial charge in [0.15, 0.2) is 0 Å². The first-order chi connectivity index (χ1) is 8.08. The molecule has 0 saturated heterocycles. The molecule has 0 saturated carbocycles. The van der Waals surface area contributed by atoms with Gasteiger partial charge in [-0.2, -0.15) is 0 Å². The lowest BCUT2D eigenvalue weighted by atomic mass is 10.1. The van der Waals surface area contributed by atoms with E-state index in [1.54, 1.807) is 11.3 Å². The molecule has 0 fully saturated rings. The summed E-state index contributed by atoms with van der Waals surface area (Å²) in [6, 6.07) is 4.07. The highest BCUT2D eigenvalue weighted by Gasteiger charge is 2.02. The van der Waals surface area contributed by atoms with Crippen molar-refractivity contribution in [1.29, 1.82) is 0 Å². The van der Waals surface area contributed by atoms with Crippen LogP contribution in [-0.4, -0.2) is 19.0 Å². The van der Waals surface area contributed by atoms with E-state index in [1.807, 2.05) is 6.07 Å². The molecule has 17 heavy (non-hydrogen) atoms. The van der Waals surface area contributed by atoms with Gasteiger partial charge in [0.1, 0.15) is 0 Å². The summed E-state index contributed by atoms with van der Waals surface area (Å²) in [6.45, 7) is 6.20. The third-order valence-corrected chi connectivity index (χ3v) is 3.88. The number of thiophene rings is 1. The molecule has 0 aromatic carbocycles. The first-order valence-electron chi connectivity index (χ1n) is 5.79. The average Bonchev–Trinajstić information content (AvgIpc) is 2.63. The van der Waals surface area contributed by atoms with Crippen LogP contribution < -0.4 is 10.6 Å². The largest absolute Gasteiger partial charge is 0.355 e. The molecule has 0 aliphatic rings. The van der Waals surface area contributed by atoms with Crippen LogP contribution in [0.2, 0.25) is 0 Å². The van der Waals surface area contributed by atoms with Gasteiger partial charge in [-0.3, -0.25) is 4.79 Å². The minimum Gasteiger partial charge on any atom is -0.355 e. The molecule has 1 rings (SSSR count). The summed E-state index contributed by atoms with van der Waals surface area (Å²) in [5, 5.41) is 6.03. The highest BCUT2D eigenvalue weighted by atomic mass is 79.9. The molecule has 1 aromatic rings. The summed E-state index contributed by atoms with van der Waals surface area (Å²) in [5.41, 5.74) is 0. The smallest absolute Gasteiger partial charge is 0.233 e. The maximum atomic E-state index is 11.4. The van der Waals surface area contributed by atoms with E-state index < -0.39 is 0 Å². The number of halogens is 1. The Morgan fingerprint density at radius 1 is 1.47 bits per heavy atom. The van der Waals surface area contributed by atoms with Crippen LogP contribution in [0.4, 0.5) is 0 Å². The van der Waals surface area contributed by atoms with Crippen molar-refractivity contribution in [1.82, 2.24) is 10.6 Å². The van der Waals surface area contributed by atoms with Crippen LogP contribution in [0.3, 0.4) is 0 Å². The van der Waals surface area contributed by atoms with Crippen LogP contribution in [0.1, 0.15) is 25.1 Å². The molecule has 96 valence electrons. The van der Waals surface area contributed by atoms with Crippen LogP contribution in [0.25, 0.3) is 0 Å². The van der Waals surface area contributed by atoms with E-state index in [2.05, 4.69) is 46.5 Å². The van der Waals surface area contributed by atoms with E-state index in [-0.39, 0.29) is 5.91 Å². The third-order valence-electron chi connectivity index (χ3n) is 2.26. The molecular formula is C12H19BrN2OS. The fourth-order valence-corrected chi connectivity index (χ4v) is 2.76. The minimum atomic E-state index is 0.0706. The lowest BCUT2D eigenvalue weighted by Gasteiger charge is -2.07. The fraction of sp³-hybridized carbons (Fsp3) is 0.583. The molecule has 0 aliphatic heterocycles. The van der Waals surface area contributed by atoms with Crippen molar-refractivity contribution < 1.29 is 4.79 Å². The lowest BCUT2D eigenvalue weighted by Crippen LogP contribution is -2.34. The Kier molecular flexibility index (Phi) is 6.77. The fourth-order valence-electron chi connectivity index (χ4n) is 1.31. The molecule has 5 heteroatoms. The topological polar surface area (TPSA) is 41.1 Å². The van der Waals surface area contributed by atoms with Crippen molar-refractivity contribution in [3.63, 3.8) is 0 Å². The summed E-state index contributed by atoms with van der Waals surface area (Å²) in [5.74, 6) is 0.702. The predicted molar refractivity (Wildman–Crippen MR) is 76.2 cm³/mol. The number of carbonyl (C=O) groups excluding carboxylic acids is 1. The summed E-state index contributed by atoms with van der Waals surface area (Å²) in [7, 11) is 0. The number of amides is 1. The standard InChI is InChI=1S/C12H19BrN2OS/c1-9(2)5-6-15-12(16)8-14-7-10-3-4-11(13)17-10/h3-4,9,14H,5-8H2,1-2H3,(H,15,16). The highest BCUT2D eigenvalue weighted by molar-refractivity contribution is 9.11. The van der Waals surface area contributed by atoms with Crippen LogP contribution in [-0.2, 0) is 11.3 Å². The van der Waals surface area contributed by atoms with Gasteiger partial charge in [0.05, 0.1) is 10.3 Å². The molecule has 3 nitrogen and oxygen atoms in total. The van der Waals surface area contributed by atoms with Gasteiger partial charge in [-0.25, -0.2) is 0 Å². The first kappa shape index (κ1) is 14.7. The molecule has 1 heterocycles. The van der Waals surface area contributed by atoms with Crippen LogP contribution >= 0.6 is 27.3 Å². The van der Waals surface area contributed by atoms with Crippen molar-refractivity contribution >= 4 is 33.2 Å². The van der Waals surface area contributed by atoms with Crippen LogP contribution in [0, 0.1) is 5.92 Å². The van der Waals surface area contributed by atoms with Crippen molar-refractivity contribution in [2.24, 2.45) is 5.92 Å². The summed E-state index contributed by atoms with van der Waals surface area (Å²) in [6.07, 6.45) is 1.03. The lowest BCUT2D eigenvalue weighted by molar-refractivity contribution is -0.120. The summed E-state index contributed by atoms with van der Waals surface area (Å²) in [4.78, 5) is 12.7. The monoisotopic (exact) mass is 318 g/mol. The third kappa shape index (κ3) is 6.81. The molecule has 1 amide bonds. The second-order valence-electron chi connectivity index (χ2n) is 4.34. The van der Waals surface area contributed by atoms with Crippen LogP contribution in [0.5, 0.6) is 0 Å². The SMILES string of the molecule is CC(C)CCNC(=O)CNCc1ccc(Br)s1. The summed E-state index contributed by atoms with van der Waals surface area (Å²) >= 11 is 5.10. The van der Waals surface area contributed by atoms with Gasteiger partial charge in [-0.15, -0.1) is 11.3 Å². The Hall–Kier alpha value is -0.390. The Morgan fingerprint density at radius 3 is 2.82 bits per heavy atom. The van der Waals surface area contributed by atoms with Crippen molar-refractivity contribution in [3.05, 3.63) is 20.8 Å². The van der Waals surface area contributed by atoms with Gasteiger partial charge in [-0.1, -0.05) is 13.8 Å². The zero-order chi connectivity index (χ0) is 12.7. The zero-order valence-corrected chi connectivity index (χ0v) is 12.7. The maximum absolute atomic E-state index is 11.4. The number of carbonyl (C=O) groups is 1. The number of nitrogens with one attached hydrogen (secondary N) is 2.